The second-order valence-corrected chi connectivity index (χ2v) is 7.63. The average molecular weight is 415 g/mol. The van der Waals surface area contributed by atoms with E-state index >= 15 is 0 Å². The van der Waals surface area contributed by atoms with Crippen molar-refractivity contribution in [2.24, 2.45) is 0 Å². The number of fused-ring (bicyclic) bond motifs is 1. The number of aromatic nitrogens is 5. The highest BCUT2D eigenvalue weighted by atomic mass is 32.2. The molecule has 0 spiro atoms. The maximum atomic E-state index is 12.5. The average Bonchev–Trinajstić information content (AvgIpc) is 3.42. The highest BCUT2D eigenvalue weighted by Gasteiger charge is 2.18. The summed E-state index contributed by atoms with van der Waals surface area (Å²) in [5.41, 5.74) is 3.03. The second kappa shape index (κ2) is 7.64. The van der Waals surface area contributed by atoms with Crippen LogP contribution >= 0.6 is 11.8 Å². The maximum Gasteiger partial charge on any atom is 0.258 e. The molecule has 0 aliphatic heterocycles. The molecule has 5 aromatic rings. The summed E-state index contributed by atoms with van der Waals surface area (Å²) in [5.74, 6) is 1.75. The number of hydrogen-bond donors (Lipinski definition) is 0. The summed E-state index contributed by atoms with van der Waals surface area (Å²) in [6.07, 6.45) is 1.61. The summed E-state index contributed by atoms with van der Waals surface area (Å²) in [5, 5.41) is 9.40. The Labute approximate surface area is 176 Å². The Morgan fingerprint density at radius 1 is 1.00 bits per heavy atom. The van der Waals surface area contributed by atoms with Gasteiger partial charge in [0.15, 0.2) is 10.9 Å². The van der Waals surface area contributed by atoms with Crippen LogP contribution in [-0.2, 0) is 5.75 Å². The van der Waals surface area contributed by atoms with Crippen LogP contribution in [0.4, 0.5) is 0 Å². The zero-order valence-corrected chi connectivity index (χ0v) is 16.9. The molecule has 0 fully saturated rings. The Hall–Kier alpha value is -3.65. The normalized spacial score (nSPS) is 11.2. The van der Waals surface area contributed by atoms with E-state index in [4.69, 9.17) is 4.42 Å². The van der Waals surface area contributed by atoms with Crippen LogP contribution in [0.1, 0.15) is 11.4 Å². The number of para-hydroxylation sites is 1. The van der Waals surface area contributed by atoms with E-state index in [1.165, 1.54) is 11.8 Å². The third-order valence-corrected chi connectivity index (χ3v) is 5.63. The fourth-order valence-electron chi connectivity index (χ4n) is 3.31. The van der Waals surface area contributed by atoms with Crippen molar-refractivity contribution in [3.8, 4) is 17.3 Å². The van der Waals surface area contributed by atoms with Gasteiger partial charge in [-0.3, -0.25) is 13.8 Å². The molecule has 0 amide bonds. The molecule has 5 rings (SSSR count). The molecule has 0 aliphatic rings. The van der Waals surface area contributed by atoms with E-state index in [1.807, 2.05) is 72.2 Å². The lowest BCUT2D eigenvalue weighted by atomic mass is 10.3. The molecule has 0 atom stereocenters. The molecule has 0 aliphatic carbocycles. The molecular formula is C22H17N5O2S. The van der Waals surface area contributed by atoms with Crippen molar-refractivity contribution in [1.82, 2.24) is 24.1 Å². The lowest BCUT2D eigenvalue weighted by molar-refractivity contribution is 0.575. The third kappa shape index (κ3) is 3.31. The van der Waals surface area contributed by atoms with Gasteiger partial charge in [0.1, 0.15) is 5.65 Å². The topological polar surface area (TPSA) is 78.2 Å². The maximum absolute atomic E-state index is 12.5. The van der Waals surface area contributed by atoms with Crippen LogP contribution in [0.5, 0.6) is 0 Å². The SMILES string of the molecule is Cc1cccc2nc(CSc3nnc(-c4ccco4)n3-c3ccccc3)cc(=O)n12. The lowest BCUT2D eigenvalue weighted by Gasteiger charge is -2.09. The summed E-state index contributed by atoms with van der Waals surface area (Å²) in [7, 11) is 0. The van der Waals surface area contributed by atoms with E-state index in [0.29, 0.717) is 33.8 Å². The van der Waals surface area contributed by atoms with E-state index in [1.54, 1.807) is 16.7 Å². The van der Waals surface area contributed by atoms with Gasteiger partial charge >= 0.3 is 0 Å². The van der Waals surface area contributed by atoms with E-state index < -0.39 is 0 Å². The molecule has 7 nitrogen and oxygen atoms in total. The monoisotopic (exact) mass is 415 g/mol. The Morgan fingerprint density at radius 2 is 1.87 bits per heavy atom. The second-order valence-electron chi connectivity index (χ2n) is 6.69. The number of rotatable bonds is 5. The summed E-state index contributed by atoms with van der Waals surface area (Å²) in [4.78, 5) is 17.2. The molecule has 4 aromatic heterocycles. The van der Waals surface area contributed by atoms with Crippen molar-refractivity contribution in [2.75, 3.05) is 0 Å². The first-order chi connectivity index (χ1) is 14.7. The smallest absolute Gasteiger partial charge is 0.258 e. The van der Waals surface area contributed by atoms with Gasteiger partial charge in [-0.15, -0.1) is 10.2 Å². The van der Waals surface area contributed by atoms with Gasteiger partial charge in [-0.05, 0) is 43.3 Å². The van der Waals surface area contributed by atoms with E-state index in [9.17, 15) is 4.79 Å². The highest BCUT2D eigenvalue weighted by Crippen LogP contribution is 2.29. The molecule has 0 bridgehead atoms. The van der Waals surface area contributed by atoms with E-state index in [-0.39, 0.29) is 5.56 Å². The summed E-state index contributed by atoms with van der Waals surface area (Å²) >= 11 is 1.47. The first-order valence-corrected chi connectivity index (χ1v) is 10.3. The first-order valence-electron chi connectivity index (χ1n) is 9.36. The Kier molecular flexibility index (Phi) is 4.68. The van der Waals surface area contributed by atoms with Crippen LogP contribution in [-0.4, -0.2) is 24.1 Å². The fourth-order valence-corrected chi connectivity index (χ4v) is 4.16. The Balaban J connectivity index is 1.52. The summed E-state index contributed by atoms with van der Waals surface area (Å²) in [6.45, 7) is 1.89. The molecule has 0 radical (unpaired) electrons. The number of benzene rings is 1. The van der Waals surface area contributed by atoms with Crippen LogP contribution in [0.15, 0.2) is 87.4 Å². The van der Waals surface area contributed by atoms with Crippen LogP contribution in [0.3, 0.4) is 0 Å². The van der Waals surface area contributed by atoms with Crippen molar-refractivity contribution in [1.29, 1.82) is 0 Å². The van der Waals surface area contributed by atoms with Gasteiger partial charge in [-0.1, -0.05) is 36.0 Å². The summed E-state index contributed by atoms with van der Waals surface area (Å²) in [6, 6.07) is 20.7. The zero-order valence-electron chi connectivity index (χ0n) is 16.1. The predicted octanol–water partition coefficient (Wildman–Crippen LogP) is 4.14. The molecule has 0 saturated heterocycles. The Morgan fingerprint density at radius 3 is 2.67 bits per heavy atom. The number of hydrogen-bond acceptors (Lipinski definition) is 6. The molecule has 1 aromatic carbocycles. The van der Waals surface area contributed by atoms with E-state index in [2.05, 4.69) is 15.2 Å². The van der Waals surface area contributed by atoms with Crippen LogP contribution in [0.2, 0.25) is 0 Å². The lowest BCUT2D eigenvalue weighted by Crippen LogP contribution is -2.17. The molecule has 0 N–H and O–H groups in total. The number of thioether (sulfide) groups is 1. The van der Waals surface area contributed by atoms with Crippen molar-refractivity contribution in [3.63, 3.8) is 0 Å². The van der Waals surface area contributed by atoms with Crippen molar-refractivity contribution >= 4 is 17.4 Å². The fraction of sp³-hybridized carbons (Fsp3) is 0.0909. The zero-order chi connectivity index (χ0) is 20.5. The molecule has 0 saturated carbocycles. The molecule has 30 heavy (non-hydrogen) atoms. The highest BCUT2D eigenvalue weighted by molar-refractivity contribution is 7.98. The predicted molar refractivity (Wildman–Crippen MR) is 115 cm³/mol. The molecule has 148 valence electrons. The number of pyridine rings is 1. The number of furan rings is 1. The molecule has 4 heterocycles. The third-order valence-electron chi connectivity index (χ3n) is 4.67. The van der Waals surface area contributed by atoms with Gasteiger partial charge < -0.3 is 4.42 Å². The number of aryl methyl sites for hydroxylation is 1. The van der Waals surface area contributed by atoms with Crippen LogP contribution < -0.4 is 5.56 Å². The molecule has 8 heteroatoms. The first kappa shape index (κ1) is 18.4. The van der Waals surface area contributed by atoms with Crippen LogP contribution in [0, 0.1) is 6.92 Å². The van der Waals surface area contributed by atoms with Gasteiger partial charge in [0, 0.05) is 23.2 Å². The van der Waals surface area contributed by atoms with Gasteiger partial charge in [0.25, 0.3) is 5.56 Å². The van der Waals surface area contributed by atoms with Gasteiger partial charge in [0.2, 0.25) is 5.82 Å². The minimum absolute atomic E-state index is 0.0884. The van der Waals surface area contributed by atoms with Gasteiger partial charge in [-0.25, -0.2) is 4.98 Å². The van der Waals surface area contributed by atoms with Crippen molar-refractivity contribution in [2.45, 2.75) is 17.8 Å². The number of nitrogens with zero attached hydrogens (tertiary/aromatic N) is 5. The largest absolute Gasteiger partial charge is 0.461 e. The molecule has 0 unspecified atom stereocenters. The van der Waals surface area contributed by atoms with Crippen molar-refractivity contribution in [3.05, 3.63) is 94.7 Å². The van der Waals surface area contributed by atoms with Gasteiger partial charge in [0.05, 0.1) is 12.0 Å². The van der Waals surface area contributed by atoms with Gasteiger partial charge in [-0.2, -0.15) is 0 Å². The molecular weight excluding hydrogens is 398 g/mol. The van der Waals surface area contributed by atoms with E-state index in [0.717, 1.165) is 11.4 Å². The Bertz CT molecular complexity index is 1370. The standard InChI is InChI=1S/C22H17N5O2S/c1-15-7-5-11-19-23-16(13-20(28)26(15)19)14-30-22-25-24-21(18-10-6-12-29-18)27(22)17-8-3-2-4-9-17/h2-13H,14H2,1H3. The van der Waals surface area contributed by atoms with Crippen LogP contribution in [0.25, 0.3) is 22.9 Å². The van der Waals surface area contributed by atoms with Crippen molar-refractivity contribution < 1.29 is 4.42 Å². The minimum Gasteiger partial charge on any atom is -0.461 e. The minimum atomic E-state index is -0.0884. The summed E-state index contributed by atoms with van der Waals surface area (Å²) < 4.78 is 9.10. The quantitative estimate of drug-likeness (QED) is 0.402.